The summed E-state index contributed by atoms with van der Waals surface area (Å²) in [6.07, 6.45) is 0. The van der Waals surface area contributed by atoms with Gasteiger partial charge in [0.1, 0.15) is 5.82 Å². The summed E-state index contributed by atoms with van der Waals surface area (Å²) in [7, 11) is 0. The highest BCUT2D eigenvalue weighted by atomic mass is 19.1. The van der Waals surface area contributed by atoms with Crippen LogP contribution in [-0.2, 0) is 6.61 Å². The fraction of sp³-hybridized carbons (Fsp3) is 0.0714. The maximum Gasteiger partial charge on any atom is 0.255 e. The van der Waals surface area contributed by atoms with E-state index in [1.165, 1.54) is 24.3 Å². The summed E-state index contributed by atoms with van der Waals surface area (Å²) >= 11 is 0. The molecule has 0 spiro atoms. The second-order valence-electron chi connectivity index (χ2n) is 3.82. The van der Waals surface area contributed by atoms with Crippen LogP contribution >= 0.6 is 0 Å². The van der Waals surface area contributed by atoms with Gasteiger partial charge in [-0.1, -0.05) is 12.1 Å². The van der Waals surface area contributed by atoms with Crippen molar-refractivity contribution in [1.29, 1.82) is 0 Å². The third kappa shape index (κ3) is 2.93. The smallest absolute Gasteiger partial charge is 0.255 e. The predicted molar refractivity (Wildman–Crippen MR) is 66.7 cm³/mol. The van der Waals surface area contributed by atoms with Crippen molar-refractivity contribution in [2.24, 2.45) is 0 Å². The Kier molecular flexibility index (Phi) is 3.69. The summed E-state index contributed by atoms with van der Waals surface area (Å²) < 4.78 is 12.7. The van der Waals surface area contributed by atoms with Crippen molar-refractivity contribution >= 4 is 11.6 Å². The van der Waals surface area contributed by atoms with Gasteiger partial charge in [0.05, 0.1) is 6.61 Å². The third-order valence-corrected chi connectivity index (χ3v) is 2.50. The maximum absolute atomic E-state index is 12.7. The molecule has 3 nitrogen and oxygen atoms in total. The predicted octanol–water partition coefficient (Wildman–Crippen LogP) is 2.57. The summed E-state index contributed by atoms with van der Waals surface area (Å²) in [4.78, 5) is 11.8. The van der Waals surface area contributed by atoms with Gasteiger partial charge in [0.15, 0.2) is 0 Å². The van der Waals surface area contributed by atoms with E-state index in [2.05, 4.69) is 5.32 Å². The molecule has 0 fully saturated rings. The first-order chi connectivity index (χ1) is 8.69. The van der Waals surface area contributed by atoms with Crippen molar-refractivity contribution in [2.45, 2.75) is 6.61 Å². The van der Waals surface area contributed by atoms with Gasteiger partial charge in [0.2, 0.25) is 0 Å². The molecule has 2 aromatic rings. The lowest BCUT2D eigenvalue weighted by atomic mass is 10.2. The molecule has 0 aliphatic carbocycles. The van der Waals surface area contributed by atoms with E-state index in [4.69, 9.17) is 5.11 Å². The van der Waals surface area contributed by atoms with Crippen LogP contribution in [0.2, 0.25) is 0 Å². The first kappa shape index (κ1) is 12.3. The minimum Gasteiger partial charge on any atom is -0.392 e. The highest BCUT2D eigenvalue weighted by Crippen LogP contribution is 2.11. The van der Waals surface area contributed by atoms with Gasteiger partial charge >= 0.3 is 0 Å². The minimum absolute atomic E-state index is 0.0355. The summed E-state index contributed by atoms with van der Waals surface area (Å²) in [6, 6.07) is 12.2. The van der Waals surface area contributed by atoms with Crippen LogP contribution in [0.25, 0.3) is 0 Å². The van der Waals surface area contributed by atoms with Gasteiger partial charge < -0.3 is 10.4 Å². The molecule has 0 radical (unpaired) electrons. The van der Waals surface area contributed by atoms with Gasteiger partial charge in [-0.3, -0.25) is 4.79 Å². The van der Waals surface area contributed by atoms with Gasteiger partial charge in [0.25, 0.3) is 5.91 Å². The van der Waals surface area contributed by atoms with Gasteiger partial charge in [-0.2, -0.15) is 0 Å². The zero-order valence-electron chi connectivity index (χ0n) is 9.56. The monoisotopic (exact) mass is 245 g/mol. The molecule has 18 heavy (non-hydrogen) atoms. The zero-order chi connectivity index (χ0) is 13.0. The number of nitrogens with one attached hydrogen (secondary N) is 1. The molecule has 0 aliphatic heterocycles. The standard InChI is InChI=1S/C14H12FNO2/c15-12-5-3-11(4-6-12)14(18)16-13-7-1-10(9-17)2-8-13/h1-8,17H,9H2,(H,16,18). The highest BCUT2D eigenvalue weighted by Gasteiger charge is 2.05. The molecule has 0 aliphatic rings. The maximum atomic E-state index is 12.7. The van der Waals surface area contributed by atoms with Crippen molar-refractivity contribution < 1.29 is 14.3 Å². The van der Waals surface area contributed by atoms with Crippen molar-refractivity contribution in [3.63, 3.8) is 0 Å². The van der Waals surface area contributed by atoms with Crippen LogP contribution in [0.5, 0.6) is 0 Å². The Morgan fingerprint density at radius 1 is 1.06 bits per heavy atom. The van der Waals surface area contributed by atoms with E-state index in [1.807, 2.05) is 0 Å². The zero-order valence-corrected chi connectivity index (χ0v) is 9.56. The van der Waals surface area contributed by atoms with E-state index < -0.39 is 0 Å². The van der Waals surface area contributed by atoms with E-state index in [0.29, 0.717) is 11.3 Å². The van der Waals surface area contributed by atoms with Crippen LogP contribution in [0.3, 0.4) is 0 Å². The lowest BCUT2D eigenvalue weighted by molar-refractivity contribution is 0.102. The summed E-state index contributed by atoms with van der Waals surface area (Å²) in [6.45, 7) is -0.0355. The van der Waals surface area contributed by atoms with Crippen LogP contribution in [0.15, 0.2) is 48.5 Å². The number of aliphatic hydroxyl groups is 1. The van der Waals surface area contributed by atoms with E-state index in [-0.39, 0.29) is 18.3 Å². The van der Waals surface area contributed by atoms with Crippen LogP contribution < -0.4 is 5.32 Å². The Hall–Kier alpha value is -2.20. The molecule has 0 saturated heterocycles. The Morgan fingerprint density at radius 3 is 2.22 bits per heavy atom. The second-order valence-corrected chi connectivity index (χ2v) is 3.82. The lowest BCUT2D eigenvalue weighted by Gasteiger charge is -2.05. The number of aliphatic hydroxyl groups excluding tert-OH is 1. The number of halogens is 1. The Morgan fingerprint density at radius 2 is 1.67 bits per heavy atom. The van der Waals surface area contributed by atoms with E-state index in [9.17, 15) is 9.18 Å². The fourth-order valence-corrected chi connectivity index (χ4v) is 1.50. The number of amides is 1. The van der Waals surface area contributed by atoms with E-state index in [0.717, 1.165) is 5.56 Å². The van der Waals surface area contributed by atoms with Gasteiger partial charge in [-0.15, -0.1) is 0 Å². The Balaban J connectivity index is 2.08. The number of hydrogen-bond donors (Lipinski definition) is 2. The van der Waals surface area contributed by atoms with Crippen LogP contribution in [0, 0.1) is 5.82 Å². The van der Waals surface area contributed by atoms with Crippen LogP contribution in [0.1, 0.15) is 15.9 Å². The molecule has 92 valence electrons. The number of carbonyl (C=O) groups is 1. The van der Waals surface area contributed by atoms with Crippen molar-refractivity contribution in [2.75, 3.05) is 5.32 Å². The molecule has 0 saturated carbocycles. The van der Waals surface area contributed by atoms with E-state index in [1.54, 1.807) is 24.3 Å². The SMILES string of the molecule is O=C(Nc1ccc(CO)cc1)c1ccc(F)cc1. The number of benzene rings is 2. The second kappa shape index (κ2) is 5.42. The first-order valence-electron chi connectivity index (χ1n) is 5.46. The van der Waals surface area contributed by atoms with Gasteiger partial charge in [-0.25, -0.2) is 4.39 Å². The van der Waals surface area contributed by atoms with Crippen LogP contribution in [-0.4, -0.2) is 11.0 Å². The molecular weight excluding hydrogens is 233 g/mol. The molecular formula is C14H12FNO2. The van der Waals surface area contributed by atoms with Crippen molar-refractivity contribution in [3.8, 4) is 0 Å². The number of rotatable bonds is 3. The van der Waals surface area contributed by atoms with E-state index >= 15 is 0 Å². The normalized spacial score (nSPS) is 10.1. The number of hydrogen-bond acceptors (Lipinski definition) is 2. The molecule has 2 rings (SSSR count). The molecule has 4 heteroatoms. The Bertz CT molecular complexity index is 535. The topological polar surface area (TPSA) is 49.3 Å². The van der Waals surface area contributed by atoms with Gasteiger partial charge in [0, 0.05) is 11.3 Å². The van der Waals surface area contributed by atoms with Crippen LogP contribution in [0.4, 0.5) is 10.1 Å². The molecule has 2 N–H and O–H groups in total. The van der Waals surface area contributed by atoms with Crippen molar-refractivity contribution in [3.05, 3.63) is 65.5 Å². The third-order valence-electron chi connectivity index (χ3n) is 2.50. The molecule has 0 unspecified atom stereocenters. The largest absolute Gasteiger partial charge is 0.392 e. The molecule has 1 amide bonds. The minimum atomic E-state index is -0.376. The fourth-order valence-electron chi connectivity index (χ4n) is 1.50. The molecule has 0 aromatic heterocycles. The van der Waals surface area contributed by atoms with Gasteiger partial charge in [-0.05, 0) is 42.0 Å². The quantitative estimate of drug-likeness (QED) is 0.873. The summed E-state index contributed by atoms with van der Waals surface area (Å²) in [5.74, 6) is -0.675. The van der Waals surface area contributed by atoms with Crippen molar-refractivity contribution in [1.82, 2.24) is 0 Å². The Labute approximate surface area is 104 Å². The molecule has 0 bridgehead atoms. The molecule has 2 aromatic carbocycles. The number of carbonyl (C=O) groups excluding carboxylic acids is 1. The lowest BCUT2D eigenvalue weighted by Crippen LogP contribution is -2.11. The molecule has 0 atom stereocenters. The first-order valence-corrected chi connectivity index (χ1v) is 5.46. The highest BCUT2D eigenvalue weighted by molar-refractivity contribution is 6.04. The summed E-state index contributed by atoms with van der Waals surface area (Å²) in [5.41, 5.74) is 1.79. The average molecular weight is 245 g/mol. The number of anilines is 1. The molecule has 0 heterocycles. The summed E-state index contributed by atoms with van der Waals surface area (Å²) in [5, 5.41) is 11.6. The average Bonchev–Trinajstić information content (AvgIpc) is 2.40.